The predicted molar refractivity (Wildman–Crippen MR) is 111 cm³/mol. The molecule has 0 aliphatic carbocycles. The van der Waals surface area contributed by atoms with Crippen molar-refractivity contribution < 1.29 is 4.74 Å². The molecule has 0 amide bonds. The summed E-state index contributed by atoms with van der Waals surface area (Å²) in [6, 6.07) is 17.2. The van der Waals surface area contributed by atoms with Crippen LogP contribution in [0.5, 0.6) is 5.75 Å². The smallest absolute Gasteiger partial charge is 0.281 e. The number of rotatable bonds is 4. The molecule has 0 N–H and O–H groups in total. The molecule has 0 radical (unpaired) electrons. The molecule has 4 rings (SSSR count). The third-order valence-corrected chi connectivity index (χ3v) is 4.77. The lowest BCUT2D eigenvalue weighted by atomic mass is 10.2. The van der Waals surface area contributed by atoms with Crippen molar-refractivity contribution in [2.75, 3.05) is 7.11 Å². The van der Waals surface area contributed by atoms with Crippen molar-refractivity contribution in [2.24, 2.45) is 5.10 Å². The van der Waals surface area contributed by atoms with Crippen LogP contribution in [0, 0.1) is 13.8 Å². The van der Waals surface area contributed by atoms with Gasteiger partial charge in [0.2, 0.25) is 0 Å². The third-order valence-electron chi connectivity index (χ3n) is 4.77. The zero-order valence-corrected chi connectivity index (χ0v) is 16.0. The fraction of sp³-hybridized carbons (Fsp3) is 0.136. The molecule has 2 aromatic carbocycles. The maximum atomic E-state index is 12.6. The van der Waals surface area contributed by atoms with Gasteiger partial charge in [0.1, 0.15) is 12.1 Å². The van der Waals surface area contributed by atoms with E-state index in [4.69, 9.17) is 4.74 Å². The minimum atomic E-state index is -0.189. The number of para-hydroxylation sites is 1. The first-order valence-electron chi connectivity index (χ1n) is 8.92. The number of ether oxygens (including phenoxy) is 1. The summed E-state index contributed by atoms with van der Waals surface area (Å²) in [5.41, 5.74) is 4.57. The van der Waals surface area contributed by atoms with Crippen molar-refractivity contribution in [3.8, 4) is 11.4 Å². The van der Waals surface area contributed by atoms with Gasteiger partial charge in [-0.25, -0.2) is 4.98 Å². The van der Waals surface area contributed by atoms with Gasteiger partial charge >= 0.3 is 0 Å². The molecule has 6 nitrogen and oxygen atoms in total. The SMILES string of the molecule is COc1ccc(-n2c(C)cc(/C=N\n3cnc4ccccc4c3=O)c2C)cc1. The Labute approximate surface area is 162 Å². The fourth-order valence-corrected chi connectivity index (χ4v) is 3.31. The molecule has 0 spiro atoms. The zero-order valence-electron chi connectivity index (χ0n) is 16.0. The lowest BCUT2D eigenvalue weighted by Gasteiger charge is -2.10. The minimum Gasteiger partial charge on any atom is -0.497 e. The van der Waals surface area contributed by atoms with Crippen molar-refractivity contribution >= 4 is 17.1 Å². The van der Waals surface area contributed by atoms with Crippen LogP contribution in [0.15, 0.2) is 70.8 Å². The first-order chi connectivity index (χ1) is 13.6. The van der Waals surface area contributed by atoms with E-state index in [1.807, 2.05) is 62.4 Å². The minimum absolute atomic E-state index is 0.189. The first-order valence-corrected chi connectivity index (χ1v) is 8.92. The van der Waals surface area contributed by atoms with E-state index in [0.29, 0.717) is 10.9 Å². The lowest BCUT2D eigenvalue weighted by Crippen LogP contribution is -2.17. The monoisotopic (exact) mass is 372 g/mol. The Morgan fingerprint density at radius 1 is 1.07 bits per heavy atom. The number of nitrogens with zero attached hydrogens (tertiary/aromatic N) is 4. The summed E-state index contributed by atoms with van der Waals surface area (Å²) in [5, 5.41) is 4.89. The Bertz CT molecular complexity index is 1230. The second-order valence-corrected chi connectivity index (χ2v) is 6.52. The number of aromatic nitrogens is 3. The van der Waals surface area contributed by atoms with Gasteiger partial charge in [0.05, 0.1) is 24.2 Å². The van der Waals surface area contributed by atoms with Crippen molar-refractivity contribution in [3.63, 3.8) is 0 Å². The van der Waals surface area contributed by atoms with Gasteiger partial charge < -0.3 is 9.30 Å². The van der Waals surface area contributed by atoms with E-state index in [-0.39, 0.29) is 5.56 Å². The molecule has 0 aliphatic rings. The molecule has 0 aliphatic heterocycles. The molecule has 2 heterocycles. The van der Waals surface area contributed by atoms with E-state index in [1.165, 1.54) is 11.0 Å². The third kappa shape index (κ3) is 3.09. The van der Waals surface area contributed by atoms with Gasteiger partial charge in [-0.2, -0.15) is 9.78 Å². The normalized spacial score (nSPS) is 11.4. The second kappa shape index (κ2) is 7.15. The van der Waals surface area contributed by atoms with Crippen LogP contribution in [0.2, 0.25) is 0 Å². The maximum absolute atomic E-state index is 12.6. The molecule has 2 aromatic heterocycles. The van der Waals surface area contributed by atoms with E-state index in [1.54, 1.807) is 19.4 Å². The van der Waals surface area contributed by atoms with Crippen molar-refractivity contribution in [1.29, 1.82) is 0 Å². The number of benzene rings is 2. The highest BCUT2D eigenvalue weighted by Crippen LogP contribution is 2.22. The summed E-state index contributed by atoms with van der Waals surface area (Å²) in [6.07, 6.45) is 3.14. The van der Waals surface area contributed by atoms with Crippen LogP contribution in [-0.2, 0) is 0 Å². The molecular weight excluding hydrogens is 352 g/mol. The van der Waals surface area contributed by atoms with Crippen molar-refractivity contribution in [1.82, 2.24) is 14.2 Å². The average Bonchev–Trinajstić information content (AvgIpc) is 3.01. The standard InChI is InChI=1S/C22H20N4O2/c1-15-12-17(16(2)26(15)18-8-10-19(28-3)11-9-18)13-24-25-14-23-21-7-5-4-6-20(21)22(25)27/h4-14H,1-3H3/b24-13-. The van der Waals surface area contributed by atoms with Gasteiger partial charge in [-0.15, -0.1) is 0 Å². The number of methoxy groups -OCH3 is 1. The summed E-state index contributed by atoms with van der Waals surface area (Å²) >= 11 is 0. The highest BCUT2D eigenvalue weighted by molar-refractivity contribution is 5.82. The second-order valence-electron chi connectivity index (χ2n) is 6.52. The number of aryl methyl sites for hydroxylation is 1. The molecule has 0 bridgehead atoms. The van der Waals surface area contributed by atoms with Crippen LogP contribution in [0.25, 0.3) is 16.6 Å². The van der Waals surface area contributed by atoms with E-state index < -0.39 is 0 Å². The van der Waals surface area contributed by atoms with Gasteiger partial charge in [0, 0.05) is 22.6 Å². The molecule has 4 aromatic rings. The quantitative estimate of drug-likeness (QED) is 0.513. The number of fused-ring (bicyclic) bond motifs is 1. The Balaban J connectivity index is 1.71. The van der Waals surface area contributed by atoms with Crippen LogP contribution in [0.4, 0.5) is 0 Å². The van der Waals surface area contributed by atoms with Crippen LogP contribution < -0.4 is 10.3 Å². The molecule has 6 heteroatoms. The zero-order chi connectivity index (χ0) is 19.7. The van der Waals surface area contributed by atoms with Gasteiger partial charge in [-0.3, -0.25) is 4.79 Å². The molecule has 0 unspecified atom stereocenters. The van der Waals surface area contributed by atoms with E-state index >= 15 is 0 Å². The van der Waals surface area contributed by atoms with E-state index in [2.05, 4.69) is 14.7 Å². The van der Waals surface area contributed by atoms with Crippen LogP contribution >= 0.6 is 0 Å². The highest BCUT2D eigenvalue weighted by atomic mass is 16.5. The summed E-state index contributed by atoms with van der Waals surface area (Å²) in [7, 11) is 1.65. The Morgan fingerprint density at radius 3 is 2.57 bits per heavy atom. The van der Waals surface area contributed by atoms with Gasteiger partial charge in [0.15, 0.2) is 0 Å². The summed E-state index contributed by atoms with van der Waals surface area (Å²) < 4.78 is 8.64. The van der Waals surface area contributed by atoms with Crippen LogP contribution in [0.3, 0.4) is 0 Å². The van der Waals surface area contributed by atoms with E-state index in [9.17, 15) is 4.79 Å². The highest BCUT2D eigenvalue weighted by Gasteiger charge is 2.10. The van der Waals surface area contributed by atoms with E-state index in [0.717, 1.165) is 28.4 Å². The Kier molecular flexibility index (Phi) is 4.53. The predicted octanol–water partition coefficient (Wildman–Crippen LogP) is 3.69. The van der Waals surface area contributed by atoms with Crippen LogP contribution in [-0.4, -0.2) is 27.6 Å². The average molecular weight is 372 g/mol. The molecule has 140 valence electrons. The van der Waals surface area contributed by atoms with Gasteiger partial charge in [-0.05, 0) is 56.3 Å². The molecule has 0 saturated carbocycles. The van der Waals surface area contributed by atoms with Gasteiger partial charge in [-0.1, -0.05) is 12.1 Å². The maximum Gasteiger partial charge on any atom is 0.281 e. The topological polar surface area (TPSA) is 61.4 Å². The molecule has 0 fully saturated rings. The number of hydrogen-bond acceptors (Lipinski definition) is 4. The van der Waals surface area contributed by atoms with Gasteiger partial charge in [0.25, 0.3) is 5.56 Å². The number of hydrogen-bond donors (Lipinski definition) is 0. The fourth-order valence-electron chi connectivity index (χ4n) is 3.31. The molecule has 0 saturated heterocycles. The molecule has 0 atom stereocenters. The van der Waals surface area contributed by atoms with Crippen molar-refractivity contribution in [3.05, 3.63) is 88.2 Å². The largest absolute Gasteiger partial charge is 0.497 e. The summed E-state index contributed by atoms with van der Waals surface area (Å²) in [4.78, 5) is 16.9. The van der Waals surface area contributed by atoms with Crippen molar-refractivity contribution in [2.45, 2.75) is 13.8 Å². The molecular formula is C22H20N4O2. The summed E-state index contributed by atoms with van der Waals surface area (Å²) in [6.45, 7) is 4.07. The molecule has 28 heavy (non-hydrogen) atoms. The Hall–Kier alpha value is -3.67. The lowest BCUT2D eigenvalue weighted by molar-refractivity contribution is 0.414. The summed E-state index contributed by atoms with van der Waals surface area (Å²) in [5.74, 6) is 0.816. The van der Waals surface area contributed by atoms with Crippen LogP contribution in [0.1, 0.15) is 17.0 Å². The Morgan fingerprint density at radius 2 is 1.82 bits per heavy atom. The first kappa shape index (κ1) is 17.7.